The number of halogens is 3. The van der Waals surface area contributed by atoms with Gasteiger partial charge in [-0.15, -0.1) is 0 Å². The van der Waals surface area contributed by atoms with Crippen LogP contribution in [0.5, 0.6) is 0 Å². The molecule has 21 rings (SSSR count). The molecule has 6 atom stereocenters. The third-order valence-corrected chi connectivity index (χ3v) is 27.0. The van der Waals surface area contributed by atoms with Gasteiger partial charge in [0.2, 0.25) is 47.3 Å². The van der Waals surface area contributed by atoms with Crippen molar-refractivity contribution in [2.45, 2.75) is 148 Å². The maximum absolute atomic E-state index is 13.6. The van der Waals surface area contributed by atoms with Gasteiger partial charge in [-0.05, 0) is 203 Å². The first-order valence-electron chi connectivity index (χ1n) is 48.3. The number of hydrogen-bond donors (Lipinski definition) is 12. The number of nitrogens with zero attached hydrogens (tertiary/aromatic N) is 11. The molecule has 0 radical (unpaired) electrons. The summed E-state index contributed by atoms with van der Waals surface area (Å²) in [6.45, 7) is 26.2. The van der Waals surface area contributed by atoms with Crippen LogP contribution in [0.2, 0.25) is 15.1 Å². The highest BCUT2D eigenvalue weighted by Gasteiger charge is 2.45. The van der Waals surface area contributed by atoms with Crippen molar-refractivity contribution in [3.05, 3.63) is 234 Å². The number of ether oxygens (including phenoxy) is 5. The minimum atomic E-state index is -0.666. The Balaban J connectivity index is 0.000000128. The van der Waals surface area contributed by atoms with Crippen molar-refractivity contribution in [2.24, 2.45) is 0 Å². The molecule has 5 aromatic carbocycles. The lowest BCUT2D eigenvalue weighted by Crippen LogP contribution is -2.61. The number of benzene rings is 5. The smallest absolute Gasteiger partial charge is 0.244 e. The summed E-state index contributed by atoms with van der Waals surface area (Å²) in [7, 11) is 0. The molecule has 1 unspecified atom stereocenters. The van der Waals surface area contributed by atoms with E-state index in [1.807, 2.05) is 210 Å². The average Bonchev–Trinajstić information content (AvgIpc) is 1.62. The highest BCUT2D eigenvalue weighted by Crippen LogP contribution is 2.40. The summed E-state index contributed by atoms with van der Waals surface area (Å²) in [4.78, 5) is 157. The second-order valence-electron chi connectivity index (χ2n) is 40.1. The highest BCUT2D eigenvalue weighted by molar-refractivity contribution is 6.34. The molecule has 0 bridgehead atoms. The highest BCUT2D eigenvalue weighted by atomic mass is 35.5. The molecule has 146 heavy (non-hydrogen) atoms. The average molecular weight is 2040 g/mol. The van der Waals surface area contributed by atoms with Gasteiger partial charge in [0.15, 0.2) is 0 Å². The van der Waals surface area contributed by atoms with Gasteiger partial charge >= 0.3 is 0 Å². The Bertz CT molecular complexity index is 7370. The SMILES string of the molecule is CC1(C)CN(CC(=O)NCc2ccccn2)[C@H](C(=O)Nc2cc(Cl)cc3c2[nH]c2cnccc23)CO1.CC1(C)CN(CC(=O)NCc2cccnc2)[C@H](C(=O)Nc2cc(Cl)cc3c2[nH]c2cnccc23)CO1.CC1(C)CN(CC(=O)Nc2ccc3[nH]ccc3c2)[C@H](C(=O)Nc2cc(Cl)cc3c2[nH]c2cnccc23)CO1.Cc1cc(NC(=O)C2COC(C)(C)CN2CC(=O)N2C[C@@H](C)O[C@@H](C)C2)c2[nH]c3cnccc3c2c1. The first kappa shape index (κ1) is 102. The summed E-state index contributed by atoms with van der Waals surface area (Å²) in [6, 6.07) is 36.8. The van der Waals surface area contributed by atoms with Crippen LogP contribution in [0.15, 0.2) is 202 Å². The van der Waals surface area contributed by atoms with Crippen LogP contribution in [0.1, 0.15) is 86.1 Å². The van der Waals surface area contributed by atoms with Gasteiger partial charge in [0.25, 0.3) is 0 Å². The lowest BCUT2D eigenvalue weighted by Gasteiger charge is -2.43. The minimum absolute atomic E-state index is 0.00633. The zero-order valence-electron chi connectivity index (χ0n) is 82.7. The molecular weight excluding hydrogens is 1920 g/mol. The summed E-state index contributed by atoms with van der Waals surface area (Å²) < 4.78 is 29.7. The van der Waals surface area contributed by atoms with Crippen LogP contribution in [0.3, 0.4) is 0 Å². The van der Waals surface area contributed by atoms with Crippen LogP contribution in [0, 0.1) is 6.92 Å². The second kappa shape index (κ2) is 43.4. The van der Waals surface area contributed by atoms with Crippen molar-refractivity contribution in [1.29, 1.82) is 0 Å². The van der Waals surface area contributed by atoms with Crippen molar-refractivity contribution >= 4 is 209 Å². The third-order valence-electron chi connectivity index (χ3n) is 26.3. The Kier molecular flexibility index (Phi) is 30.3. The van der Waals surface area contributed by atoms with Gasteiger partial charge in [-0.25, -0.2) is 0 Å². The van der Waals surface area contributed by atoms with Crippen LogP contribution in [-0.2, 0) is 75.1 Å². The van der Waals surface area contributed by atoms with Gasteiger partial charge in [0.05, 0.1) is 191 Å². The van der Waals surface area contributed by atoms with Gasteiger partial charge in [0, 0.05) is 170 Å². The summed E-state index contributed by atoms with van der Waals surface area (Å²) in [5.74, 6) is -1.58. The molecule has 16 aromatic rings. The van der Waals surface area contributed by atoms with Crippen LogP contribution in [0.4, 0.5) is 28.4 Å². The largest absolute Gasteiger partial charge is 0.372 e. The van der Waals surface area contributed by atoms with Gasteiger partial charge in [-0.1, -0.05) is 46.9 Å². The van der Waals surface area contributed by atoms with E-state index in [0.717, 1.165) is 115 Å². The van der Waals surface area contributed by atoms with Crippen LogP contribution < -0.4 is 37.2 Å². The first-order valence-corrected chi connectivity index (χ1v) is 49.5. The number of morpholine rings is 5. The lowest BCUT2D eigenvalue weighted by molar-refractivity contribution is -0.156. The van der Waals surface area contributed by atoms with Crippen molar-refractivity contribution in [2.75, 3.05) is 118 Å². The number of aryl methyl sites for hydroxylation is 1. The first-order chi connectivity index (χ1) is 69.9. The summed E-state index contributed by atoms with van der Waals surface area (Å²) in [5, 5.41) is 31.1. The van der Waals surface area contributed by atoms with E-state index in [9.17, 15) is 38.4 Å². The van der Waals surface area contributed by atoms with E-state index in [2.05, 4.69) is 98.1 Å². The van der Waals surface area contributed by atoms with Crippen molar-refractivity contribution in [3.8, 4) is 0 Å². The van der Waals surface area contributed by atoms with Crippen LogP contribution in [0.25, 0.3) is 98.1 Å². The molecule has 39 heteroatoms. The second-order valence-corrected chi connectivity index (χ2v) is 41.4. The fraction of sp³-hybridized carbons (Fsp3) is 0.346. The van der Waals surface area contributed by atoms with Crippen LogP contribution >= 0.6 is 34.8 Å². The Morgan fingerprint density at radius 1 is 0.390 bits per heavy atom. The summed E-state index contributed by atoms with van der Waals surface area (Å²) in [6.07, 6.45) is 20.8. The van der Waals surface area contributed by atoms with E-state index < -0.39 is 46.6 Å². The molecule has 16 heterocycles. The van der Waals surface area contributed by atoms with E-state index in [1.54, 1.807) is 86.4 Å². The molecule has 5 fully saturated rings. The molecular formula is C107H116Cl3N23O13. The van der Waals surface area contributed by atoms with E-state index >= 15 is 0 Å². The van der Waals surface area contributed by atoms with Crippen molar-refractivity contribution in [1.82, 2.24) is 90.0 Å². The van der Waals surface area contributed by atoms with Gasteiger partial charge in [-0.3, -0.25) is 87.9 Å². The number of rotatable bonds is 21. The molecule has 36 nitrogen and oxygen atoms in total. The number of anilines is 5. The molecule has 5 aliphatic rings. The molecule has 8 amide bonds. The number of H-pyrrole nitrogens is 5. The number of fused-ring (bicyclic) bond motifs is 13. The normalized spacial score (nSPS) is 19.5. The van der Waals surface area contributed by atoms with E-state index in [0.29, 0.717) is 95.9 Å². The molecule has 11 aromatic heterocycles. The molecule has 0 spiro atoms. The zero-order chi connectivity index (χ0) is 103. The number of carbonyl (C=O) groups excluding carboxylic acids is 8. The Morgan fingerprint density at radius 3 is 1.18 bits per heavy atom. The van der Waals surface area contributed by atoms with Crippen LogP contribution in [-0.4, -0.2) is 277 Å². The predicted molar refractivity (Wildman–Crippen MR) is 566 cm³/mol. The quantitative estimate of drug-likeness (QED) is 0.0318. The predicted octanol–water partition coefficient (Wildman–Crippen LogP) is 15.0. The number of nitrogens with one attached hydrogen (secondary N) is 12. The Morgan fingerprint density at radius 2 is 0.781 bits per heavy atom. The third kappa shape index (κ3) is 24.2. The number of aromatic amines is 5. The molecule has 5 aliphatic heterocycles. The Hall–Kier alpha value is -14.0. The van der Waals surface area contributed by atoms with E-state index in [4.69, 9.17) is 58.5 Å². The fourth-order valence-electron chi connectivity index (χ4n) is 19.6. The zero-order valence-corrected chi connectivity index (χ0v) is 85.0. The topological polar surface area (TPSA) is 439 Å². The molecule has 5 saturated heterocycles. The maximum Gasteiger partial charge on any atom is 0.244 e. The maximum atomic E-state index is 13.6. The minimum Gasteiger partial charge on any atom is -0.372 e. The van der Waals surface area contributed by atoms with Gasteiger partial charge < -0.3 is 90.7 Å². The summed E-state index contributed by atoms with van der Waals surface area (Å²) in [5.41, 5.74) is 11.4. The van der Waals surface area contributed by atoms with Gasteiger partial charge in [0.1, 0.15) is 24.2 Å². The van der Waals surface area contributed by atoms with E-state index in [1.165, 1.54) is 0 Å². The fourth-order valence-corrected chi connectivity index (χ4v) is 20.3. The van der Waals surface area contributed by atoms with Crippen molar-refractivity contribution in [3.63, 3.8) is 0 Å². The number of aromatic nitrogens is 11. The number of pyridine rings is 6. The molecule has 0 saturated carbocycles. The van der Waals surface area contributed by atoms with Gasteiger partial charge in [-0.2, -0.15) is 0 Å². The van der Waals surface area contributed by atoms with E-state index in [-0.39, 0.29) is 112 Å². The Labute approximate surface area is 855 Å². The molecule has 0 aliphatic carbocycles. The van der Waals surface area contributed by atoms with Crippen molar-refractivity contribution < 1.29 is 62.0 Å². The monoisotopic (exact) mass is 2040 g/mol. The number of amides is 8. The standard InChI is InChI=1S/C28H27ClN6O3.C27H35N5O4.2C26H27ClN6O3/c1-28(2)15-35(13-25(36)32-18-3-4-21-16(9-18)5-8-31-21)24(14-38-28)27(37)34-22-11-17(29)10-20-19-6-7-30-12-23(19)33-26(20)22;1-16-8-20-19-6-7-28-10-22(19)29-25(20)21(9-16)30-26(34)23-14-35-27(4,5)15-32(23)13-24(33)31-11-17(2)36-18(3)12-31;1-26(2)15-33(13-23(34)30-11-16-4-3-6-28-10-16)22(14-36-26)25(35)32-20-9-17(27)8-19-18-5-7-29-12-21(18)31-24(19)20;1-26(2)15-33(13-23(34)30-11-17-5-3-4-7-29-17)22(14-36-26)25(35)32-20-10-16(27)9-19-18-6-8-28-12-21(18)31-24(19)20/h3-12,24,31,33H,13-15H2,1-2H3,(H,32,36)(H,34,37);6-10,17-18,23,29H,11-15H2,1-5H3,(H,30,34);2*3-10,12,22,31H,11,13-15H2,1-2H3,(H,30,34)(H,32,35)/t24-;17-,18+,23?;2*22-/m0.00/s1. The molecule has 758 valence electrons. The molecule has 12 N–H and O–H groups in total. The number of hydrogen-bond acceptors (Lipinski definition) is 23. The lowest BCUT2D eigenvalue weighted by atomic mass is 10.0. The summed E-state index contributed by atoms with van der Waals surface area (Å²) >= 11 is 19.2. The number of carbonyl (C=O) groups is 8.